The molecule has 2 aromatic heterocycles. The van der Waals surface area contributed by atoms with Gasteiger partial charge in [-0.3, -0.25) is 4.79 Å². The summed E-state index contributed by atoms with van der Waals surface area (Å²) in [6.07, 6.45) is 0. The first-order valence-corrected chi connectivity index (χ1v) is 9.75. The van der Waals surface area contributed by atoms with Gasteiger partial charge in [-0.25, -0.2) is 0 Å². The quantitative estimate of drug-likeness (QED) is 0.520. The molecule has 124 valence electrons. The summed E-state index contributed by atoms with van der Waals surface area (Å²) in [6, 6.07) is 3.79. The molecule has 2 aromatic rings. The average Bonchev–Trinajstić information content (AvgIpc) is 3.11. The minimum Gasteiger partial charge on any atom is -0.464 e. The molecule has 23 heavy (non-hydrogen) atoms. The Morgan fingerprint density at radius 3 is 2.52 bits per heavy atom. The Morgan fingerprint density at radius 1 is 1.30 bits per heavy atom. The van der Waals surface area contributed by atoms with Gasteiger partial charge in [0, 0.05) is 12.8 Å². The summed E-state index contributed by atoms with van der Waals surface area (Å²) in [5.74, 6) is 2.86. The number of carbonyl (C=O) groups excluding carboxylic acids is 1. The maximum Gasteiger partial charge on any atom is 0.233 e. The number of nitrogens with zero attached hydrogens (tertiary/aromatic N) is 3. The van der Waals surface area contributed by atoms with Crippen LogP contribution in [0.5, 0.6) is 0 Å². The number of hydrogen-bond acceptors (Lipinski definition) is 7. The predicted octanol–water partition coefficient (Wildman–Crippen LogP) is 3.86. The molecule has 0 spiro atoms. The molecule has 0 aliphatic rings. The van der Waals surface area contributed by atoms with E-state index in [4.69, 9.17) is 4.42 Å². The van der Waals surface area contributed by atoms with Crippen molar-refractivity contribution in [3.05, 3.63) is 35.8 Å². The lowest BCUT2D eigenvalue weighted by molar-refractivity contribution is -0.127. The summed E-state index contributed by atoms with van der Waals surface area (Å²) in [5, 5.41) is 8.22. The molecule has 2 heterocycles. The van der Waals surface area contributed by atoms with Gasteiger partial charge in [0.1, 0.15) is 11.5 Å². The summed E-state index contributed by atoms with van der Waals surface area (Å²) in [6.45, 7) is 8.21. The van der Waals surface area contributed by atoms with Crippen LogP contribution >= 0.6 is 34.9 Å². The third-order valence-electron chi connectivity index (χ3n) is 2.76. The van der Waals surface area contributed by atoms with Gasteiger partial charge in [0.05, 0.1) is 12.3 Å². The van der Waals surface area contributed by atoms with Crippen LogP contribution < -0.4 is 0 Å². The molecule has 5 nitrogen and oxygen atoms in total. The zero-order chi connectivity index (χ0) is 16.8. The first-order valence-electron chi connectivity index (χ1n) is 6.97. The number of rotatable bonds is 8. The highest BCUT2D eigenvalue weighted by atomic mass is 32.2. The molecule has 1 amide bonds. The lowest BCUT2D eigenvalue weighted by Gasteiger charge is -2.14. The highest BCUT2D eigenvalue weighted by Gasteiger charge is 2.13. The second-order valence-corrected chi connectivity index (χ2v) is 8.55. The van der Waals surface area contributed by atoms with E-state index in [-0.39, 0.29) is 5.91 Å². The van der Waals surface area contributed by atoms with Crippen molar-refractivity contribution in [3.8, 4) is 0 Å². The van der Waals surface area contributed by atoms with Crippen LogP contribution in [-0.2, 0) is 11.3 Å². The zero-order valence-electron chi connectivity index (χ0n) is 13.4. The fraction of sp³-hybridized carbons (Fsp3) is 0.400. The van der Waals surface area contributed by atoms with Gasteiger partial charge in [-0.15, -0.1) is 10.2 Å². The van der Waals surface area contributed by atoms with E-state index >= 15 is 0 Å². The van der Waals surface area contributed by atoms with E-state index in [1.54, 1.807) is 23.7 Å². The highest BCUT2D eigenvalue weighted by Crippen LogP contribution is 2.29. The minimum absolute atomic E-state index is 0.0374. The molecule has 0 bridgehead atoms. The van der Waals surface area contributed by atoms with Gasteiger partial charge < -0.3 is 9.32 Å². The van der Waals surface area contributed by atoms with Gasteiger partial charge in [0.2, 0.25) is 5.91 Å². The van der Waals surface area contributed by atoms with Crippen LogP contribution in [0.4, 0.5) is 0 Å². The Kier molecular flexibility index (Phi) is 6.73. The molecule has 0 radical (unpaired) electrons. The van der Waals surface area contributed by atoms with Crippen molar-refractivity contribution in [1.82, 2.24) is 15.1 Å². The number of carbonyl (C=O) groups is 1. The molecular formula is C15H19N3O2S3. The van der Waals surface area contributed by atoms with Gasteiger partial charge in [0.25, 0.3) is 0 Å². The highest BCUT2D eigenvalue weighted by molar-refractivity contribution is 8.03. The molecule has 8 heteroatoms. The Bertz CT molecular complexity index is 681. The molecule has 0 saturated heterocycles. The van der Waals surface area contributed by atoms with Crippen LogP contribution in [0.15, 0.2) is 37.4 Å². The van der Waals surface area contributed by atoms with Crippen molar-refractivity contribution in [1.29, 1.82) is 0 Å². The van der Waals surface area contributed by atoms with Crippen molar-refractivity contribution in [2.45, 2.75) is 29.1 Å². The second-order valence-electron chi connectivity index (χ2n) is 5.13. The van der Waals surface area contributed by atoms with Crippen molar-refractivity contribution in [2.75, 3.05) is 18.6 Å². The molecule has 0 saturated carbocycles. The van der Waals surface area contributed by atoms with Crippen molar-refractivity contribution >= 4 is 40.8 Å². The van der Waals surface area contributed by atoms with E-state index in [0.717, 1.165) is 31.5 Å². The SMILES string of the molecule is C=C(C)CSc1nnc(SCC(=O)N(C)Cc2ccc(C)o2)s1. The number of amides is 1. The maximum atomic E-state index is 12.2. The molecule has 0 unspecified atom stereocenters. The van der Waals surface area contributed by atoms with Crippen LogP contribution in [-0.4, -0.2) is 39.6 Å². The van der Waals surface area contributed by atoms with Crippen molar-refractivity contribution in [3.63, 3.8) is 0 Å². The van der Waals surface area contributed by atoms with E-state index in [1.165, 1.54) is 23.1 Å². The summed E-state index contributed by atoms with van der Waals surface area (Å²) in [4.78, 5) is 13.8. The number of aromatic nitrogens is 2. The zero-order valence-corrected chi connectivity index (χ0v) is 15.8. The molecule has 0 aliphatic heterocycles. The first kappa shape index (κ1) is 18.1. The van der Waals surface area contributed by atoms with Gasteiger partial charge in [0.15, 0.2) is 8.68 Å². The number of hydrogen-bond donors (Lipinski definition) is 0. The molecule has 0 aliphatic carbocycles. The topological polar surface area (TPSA) is 59.2 Å². The van der Waals surface area contributed by atoms with Crippen molar-refractivity contribution < 1.29 is 9.21 Å². The monoisotopic (exact) mass is 369 g/mol. The summed E-state index contributed by atoms with van der Waals surface area (Å²) in [5.41, 5.74) is 1.10. The van der Waals surface area contributed by atoms with Crippen LogP contribution in [0.3, 0.4) is 0 Å². The average molecular weight is 370 g/mol. The molecule has 0 fully saturated rings. The fourth-order valence-electron chi connectivity index (χ4n) is 1.62. The third kappa shape index (κ3) is 6.04. The standard InChI is InChI=1S/C15H19N3O2S3/c1-10(2)8-21-14-16-17-15(23-14)22-9-13(19)18(4)7-12-6-5-11(3)20-12/h5-6H,1,7-9H2,2-4H3. The Balaban J connectivity index is 1.78. The van der Waals surface area contributed by atoms with E-state index in [1.807, 2.05) is 26.0 Å². The smallest absolute Gasteiger partial charge is 0.233 e. The molecule has 2 rings (SSSR count). The number of furan rings is 1. The summed E-state index contributed by atoms with van der Waals surface area (Å²) in [7, 11) is 1.77. The van der Waals surface area contributed by atoms with E-state index in [2.05, 4.69) is 16.8 Å². The second kappa shape index (κ2) is 8.56. The van der Waals surface area contributed by atoms with E-state index in [0.29, 0.717) is 12.3 Å². The molecule has 0 atom stereocenters. The molecular weight excluding hydrogens is 350 g/mol. The number of aryl methyl sites for hydroxylation is 1. The Labute approximate surface area is 148 Å². The van der Waals surface area contributed by atoms with Crippen molar-refractivity contribution in [2.24, 2.45) is 0 Å². The van der Waals surface area contributed by atoms with Crippen LogP contribution in [0.1, 0.15) is 18.4 Å². The molecule has 0 N–H and O–H groups in total. The normalized spacial score (nSPS) is 10.7. The Morgan fingerprint density at radius 2 is 1.96 bits per heavy atom. The third-order valence-corrected chi connectivity index (χ3v) is 6.17. The van der Waals surface area contributed by atoms with E-state index in [9.17, 15) is 4.79 Å². The summed E-state index contributed by atoms with van der Waals surface area (Å²) < 4.78 is 7.20. The lowest BCUT2D eigenvalue weighted by Crippen LogP contribution is -2.27. The fourth-order valence-corrected chi connectivity index (χ4v) is 4.43. The molecule has 0 aromatic carbocycles. The lowest BCUT2D eigenvalue weighted by atomic mass is 10.4. The van der Waals surface area contributed by atoms with Crippen LogP contribution in [0.2, 0.25) is 0 Å². The van der Waals surface area contributed by atoms with Gasteiger partial charge in [-0.1, -0.05) is 47.0 Å². The number of thioether (sulfide) groups is 2. The van der Waals surface area contributed by atoms with E-state index < -0.39 is 0 Å². The van der Waals surface area contributed by atoms with Gasteiger partial charge in [-0.2, -0.15) is 0 Å². The van der Waals surface area contributed by atoms with Crippen LogP contribution in [0, 0.1) is 6.92 Å². The predicted molar refractivity (Wildman–Crippen MR) is 96.1 cm³/mol. The first-order chi connectivity index (χ1) is 10.9. The minimum atomic E-state index is 0.0374. The van der Waals surface area contributed by atoms with Gasteiger partial charge >= 0.3 is 0 Å². The largest absolute Gasteiger partial charge is 0.464 e. The van der Waals surface area contributed by atoms with Crippen LogP contribution in [0.25, 0.3) is 0 Å². The Hall–Kier alpha value is -1.25. The summed E-state index contributed by atoms with van der Waals surface area (Å²) >= 11 is 4.54. The van der Waals surface area contributed by atoms with Gasteiger partial charge in [-0.05, 0) is 26.0 Å². The maximum absolute atomic E-state index is 12.2.